The van der Waals surface area contributed by atoms with Gasteiger partial charge in [-0.05, 0) is 17.7 Å². The standard InChI is InChI=1S/C16H14ClN7O/c17-15-14(9-19-22-16(15)25)21-18-8-4-7-13-11-24(23-20-13)10-12-5-2-1-3-6-12/h1-9,11H,10H2,(H2,21,22,25)/b7-4+,18-8-. The van der Waals surface area contributed by atoms with Gasteiger partial charge in [0.05, 0.1) is 18.9 Å². The predicted octanol–water partition coefficient (Wildman–Crippen LogP) is 2.17. The van der Waals surface area contributed by atoms with Crippen LogP contribution in [0.5, 0.6) is 0 Å². The number of aromatic nitrogens is 5. The highest BCUT2D eigenvalue weighted by molar-refractivity contribution is 6.32. The lowest BCUT2D eigenvalue weighted by Crippen LogP contribution is -2.09. The highest BCUT2D eigenvalue weighted by atomic mass is 35.5. The van der Waals surface area contributed by atoms with Crippen LogP contribution in [0.3, 0.4) is 0 Å². The number of nitrogens with one attached hydrogen (secondary N) is 2. The number of aromatic amines is 1. The lowest BCUT2D eigenvalue weighted by molar-refractivity contribution is 0.649. The maximum atomic E-state index is 11.3. The van der Waals surface area contributed by atoms with Crippen LogP contribution in [-0.4, -0.2) is 31.4 Å². The second-order valence-corrected chi connectivity index (χ2v) is 5.38. The van der Waals surface area contributed by atoms with Crippen LogP contribution >= 0.6 is 11.6 Å². The molecule has 2 N–H and O–H groups in total. The number of anilines is 1. The van der Waals surface area contributed by atoms with Crippen LogP contribution < -0.4 is 11.0 Å². The number of H-pyrrole nitrogens is 1. The van der Waals surface area contributed by atoms with E-state index in [4.69, 9.17) is 11.6 Å². The molecule has 0 amide bonds. The van der Waals surface area contributed by atoms with E-state index in [2.05, 4.69) is 31.0 Å². The first kappa shape index (κ1) is 16.6. The average Bonchev–Trinajstić information content (AvgIpc) is 3.06. The molecule has 0 saturated carbocycles. The van der Waals surface area contributed by atoms with Gasteiger partial charge in [-0.3, -0.25) is 10.2 Å². The monoisotopic (exact) mass is 355 g/mol. The summed E-state index contributed by atoms with van der Waals surface area (Å²) in [6.45, 7) is 0.658. The Bertz CT molecular complexity index is 946. The first-order chi connectivity index (χ1) is 12.2. The molecule has 0 radical (unpaired) electrons. The first-order valence-electron chi connectivity index (χ1n) is 7.35. The van der Waals surface area contributed by atoms with Gasteiger partial charge < -0.3 is 0 Å². The largest absolute Gasteiger partial charge is 0.285 e. The van der Waals surface area contributed by atoms with Gasteiger partial charge in [0.2, 0.25) is 0 Å². The Hall–Kier alpha value is -3.26. The summed E-state index contributed by atoms with van der Waals surface area (Å²) in [5, 5.41) is 17.9. The minimum absolute atomic E-state index is 0.0000142. The van der Waals surface area contributed by atoms with Gasteiger partial charge in [0.1, 0.15) is 16.4 Å². The highest BCUT2D eigenvalue weighted by Crippen LogP contribution is 2.13. The van der Waals surface area contributed by atoms with E-state index in [1.54, 1.807) is 16.8 Å². The molecule has 126 valence electrons. The summed E-state index contributed by atoms with van der Waals surface area (Å²) in [6.07, 6.45) is 8.17. The molecular formula is C16H14ClN7O. The van der Waals surface area contributed by atoms with Crippen LogP contribution in [-0.2, 0) is 6.54 Å². The van der Waals surface area contributed by atoms with Crippen molar-refractivity contribution in [2.75, 3.05) is 5.43 Å². The fourth-order valence-electron chi connectivity index (χ4n) is 1.99. The van der Waals surface area contributed by atoms with Crippen molar-refractivity contribution in [3.05, 3.63) is 75.4 Å². The Morgan fingerprint density at radius 3 is 3.00 bits per heavy atom. The number of benzene rings is 1. The van der Waals surface area contributed by atoms with Gasteiger partial charge in [-0.15, -0.1) is 5.10 Å². The Morgan fingerprint density at radius 2 is 2.16 bits per heavy atom. The minimum Gasteiger partial charge on any atom is -0.275 e. The maximum absolute atomic E-state index is 11.3. The fraction of sp³-hybridized carbons (Fsp3) is 0.0625. The van der Waals surface area contributed by atoms with Crippen molar-refractivity contribution in [3.8, 4) is 0 Å². The van der Waals surface area contributed by atoms with Crippen LogP contribution in [0.2, 0.25) is 5.02 Å². The van der Waals surface area contributed by atoms with E-state index >= 15 is 0 Å². The fourth-order valence-corrected chi connectivity index (χ4v) is 2.12. The molecule has 0 aliphatic heterocycles. The van der Waals surface area contributed by atoms with Gasteiger partial charge in [0, 0.05) is 6.21 Å². The van der Waals surface area contributed by atoms with Crippen LogP contribution in [0.1, 0.15) is 11.3 Å². The van der Waals surface area contributed by atoms with Crippen molar-refractivity contribution in [1.82, 2.24) is 25.2 Å². The summed E-state index contributed by atoms with van der Waals surface area (Å²) < 4.78 is 1.76. The molecule has 0 bridgehead atoms. The number of halogens is 1. The molecule has 3 aromatic rings. The third-order valence-corrected chi connectivity index (χ3v) is 3.53. The number of hydrogen-bond acceptors (Lipinski definition) is 6. The highest BCUT2D eigenvalue weighted by Gasteiger charge is 2.02. The van der Waals surface area contributed by atoms with E-state index in [-0.39, 0.29) is 5.02 Å². The summed E-state index contributed by atoms with van der Waals surface area (Å²) in [4.78, 5) is 11.3. The van der Waals surface area contributed by atoms with E-state index in [1.165, 1.54) is 12.4 Å². The minimum atomic E-state index is -0.479. The summed E-state index contributed by atoms with van der Waals surface area (Å²) in [7, 11) is 0. The Labute approximate surface area is 147 Å². The molecule has 0 fully saturated rings. The Kier molecular flexibility index (Phi) is 5.32. The number of hydrazone groups is 1. The molecule has 0 aliphatic rings. The molecule has 0 aliphatic carbocycles. The van der Waals surface area contributed by atoms with Gasteiger partial charge in [-0.1, -0.05) is 47.1 Å². The summed E-state index contributed by atoms with van der Waals surface area (Å²) in [5.41, 5.74) is 4.34. The molecule has 0 saturated heterocycles. The van der Waals surface area contributed by atoms with Crippen molar-refractivity contribution >= 4 is 29.6 Å². The van der Waals surface area contributed by atoms with Gasteiger partial charge in [0.15, 0.2) is 0 Å². The maximum Gasteiger partial charge on any atom is 0.285 e. The average molecular weight is 356 g/mol. The van der Waals surface area contributed by atoms with E-state index in [0.29, 0.717) is 17.9 Å². The van der Waals surface area contributed by atoms with Gasteiger partial charge in [0.25, 0.3) is 5.56 Å². The molecule has 25 heavy (non-hydrogen) atoms. The van der Waals surface area contributed by atoms with Gasteiger partial charge in [-0.25, -0.2) is 9.78 Å². The molecular weight excluding hydrogens is 342 g/mol. The molecule has 3 rings (SSSR count). The van der Waals surface area contributed by atoms with E-state index in [9.17, 15) is 4.79 Å². The zero-order valence-electron chi connectivity index (χ0n) is 13.0. The summed E-state index contributed by atoms with van der Waals surface area (Å²) >= 11 is 5.81. The third-order valence-electron chi connectivity index (χ3n) is 3.15. The smallest absolute Gasteiger partial charge is 0.275 e. The van der Waals surface area contributed by atoms with Crippen molar-refractivity contribution in [1.29, 1.82) is 0 Å². The van der Waals surface area contributed by atoms with Crippen molar-refractivity contribution in [2.24, 2.45) is 5.10 Å². The second-order valence-electron chi connectivity index (χ2n) is 5.00. The zero-order valence-corrected chi connectivity index (χ0v) is 13.8. The third kappa shape index (κ3) is 4.61. The van der Waals surface area contributed by atoms with Gasteiger partial charge >= 0.3 is 0 Å². The summed E-state index contributed by atoms with van der Waals surface area (Å²) in [6, 6.07) is 10.0. The van der Waals surface area contributed by atoms with Crippen LogP contribution in [0.25, 0.3) is 6.08 Å². The van der Waals surface area contributed by atoms with Crippen LogP contribution in [0.4, 0.5) is 5.69 Å². The molecule has 2 heterocycles. The molecule has 1 aromatic carbocycles. The van der Waals surface area contributed by atoms with Crippen molar-refractivity contribution < 1.29 is 0 Å². The van der Waals surface area contributed by atoms with E-state index in [0.717, 1.165) is 5.56 Å². The predicted molar refractivity (Wildman–Crippen MR) is 96.6 cm³/mol. The normalized spacial score (nSPS) is 11.4. The molecule has 8 nitrogen and oxygen atoms in total. The van der Waals surface area contributed by atoms with E-state index < -0.39 is 5.56 Å². The molecule has 0 unspecified atom stereocenters. The SMILES string of the molecule is O=c1[nH]ncc(N/N=C\C=C\c2cn(Cc3ccccc3)nn2)c1Cl. The lowest BCUT2D eigenvalue weighted by Gasteiger charge is -1.99. The number of nitrogens with zero attached hydrogens (tertiary/aromatic N) is 5. The topological polar surface area (TPSA) is 101 Å². The quantitative estimate of drug-likeness (QED) is 0.521. The number of hydrogen-bond donors (Lipinski definition) is 2. The first-order valence-corrected chi connectivity index (χ1v) is 7.73. The van der Waals surface area contributed by atoms with E-state index in [1.807, 2.05) is 36.5 Å². The lowest BCUT2D eigenvalue weighted by atomic mass is 10.2. The van der Waals surface area contributed by atoms with Crippen molar-refractivity contribution in [2.45, 2.75) is 6.54 Å². The summed E-state index contributed by atoms with van der Waals surface area (Å²) in [5.74, 6) is 0. The second kappa shape index (κ2) is 8.02. The molecule has 9 heteroatoms. The molecule has 2 aromatic heterocycles. The van der Waals surface area contributed by atoms with Crippen LogP contribution in [0, 0.1) is 0 Å². The van der Waals surface area contributed by atoms with Crippen molar-refractivity contribution in [3.63, 3.8) is 0 Å². The van der Waals surface area contributed by atoms with Crippen LogP contribution in [0.15, 0.2) is 58.7 Å². The molecule has 0 spiro atoms. The zero-order chi connectivity index (χ0) is 17.5. The molecule has 0 atom stereocenters. The number of rotatable bonds is 6. The Morgan fingerprint density at radius 1 is 1.32 bits per heavy atom. The van der Waals surface area contributed by atoms with Gasteiger partial charge in [-0.2, -0.15) is 10.2 Å². The Balaban J connectivity index is 1.56. The number of allylic oxidation sites excluding steroid dienone is 1.